The highest BCUT2D eigenvalue weighted by atomic mass is 28.5. The Labute approximate surface area is 267 Å². The van der Waals surface area contributed by atoms with Crippen molar-refractivity contribution in [1.29, 1.82) is 0 Å². The van der Waals surface area contributed by atoms with Crippen molar-refractivity contribution in [2.24, 2.45) is 0 Å². The summed E-state index contributed by atoms with van der Waals surface area (Å²) in [6, 6.07) is 14.2. The summed E-state index contributed by atoms with van der Waals surface area (Å²) >= 11 is 0. The van der Waals surface area contributed by atoms with Crippen LogP contribution in [0, 0.1) is 0 Å². The lowest BCUT2D eigenvalue weighted by Gasteiger charge is -2.77. The van der Waals surface area contributed by atoms with Crippen molar-refractivity contribution in [3.63, 3.8) is 0 Å². The topological polar surface area (TPSA) is 15.3 Å². The van der Waals surface area contributed by atoms with Crippen molar-refractivity contribution in [3.8, 4) is 0 Å². The molecule has 4 rings (SSSR count). The summed E-state index contributed by atoms with van der Waals surface area (Å²) in [4.78, 5) is 0. The van der Waals surface area contributed by atoms with Gasteiger partial charge >= 0.3 is 0 Å². The highest BCUT2D eigenvalue weighted by Crippen LogP contribution is 2.49. The molecule has 0 aliphatic carbocycles. The van der Waals surface area contributed by atoms with Crippen molar-refractivity contribution >= 4 is 34.2 Å². The van der Waals surface area contributed by atoms with Crippen LogP contribution >= 0.6 is 0 Å². The summed E-state index contributed by atoms with van der Waals surface area (Å²) in [7, 11) is -3.59. The first-order chi connectivity index (χ1) is 19.7. The maximum absolute atomic E-state index is 3.01. The second-order valence-corrected chi connectivity index (χ2v) is 23.3. The van der Waals surface area contributed by atoms with Gasteiger partial charge in [0.05, 0.1) is 5.54 Å². The molecule has 1 aliphatic heterocycles. The number of imidazole rings is 1. The number of hydrogen-bond acceptors (Lipinski definition) is 2. The number of rotatable bonds is 7. The molecular weight excluding hydrogens is 557 g/mol. The third kappa shape index (κ3) is 5.91. The number of para-hydroxylation sites is 2. The van der Waals surface area contributed by atoms with Crippen molar-refractivity contribution in [1.82, 2.24) is 4.57 Å². The van der Waals surface area contributed by atoms with Crippen LogP contribution in [-0.4, -0.2) is 22.1 Å². The first-order valence-electron chi connectivity index (χ1n) is 16.6. The lowest BCUT2D eigenvalue weighted by atomic mass is 9.93. The normalized spacial score (nSPS) is 15.9. The van der Waals surface area contributed by atoms with Gasteiger partial charge in [0, 0.05) is 16.7 Å². The predicted octanol–water partition coefficient (Wildman–Crippen LogP) is 9.20. The van der Waals surface area contributed by atoms with Crippen LogP contribution in [0.2, 0.25) is 13.1 Å². The molecule has 0 saturated carbocycles. The van der Waals surface area contributed by atoms with Gasteiger partial charge in [-0.25, -0.2) is 4.57 Å². The number of aromatic nitrogens is 2. The van der Waals surface area contributed by atoms with Gasteiger partial charge in [-0.1, -0.05) is 91.8 Å². The maximum Gasteiger partial charge on any atom is 0.242 e. The molecule has 3 aromatic rings. The van der Waals surface area contributed by atoms with Gasteiger partial charge in [-0.05, 0) is 110 Å². The summed E-state index contributed by atoms with van der Waals surface area (Å²) < 4.78 is 11.1. The van der Waals surface area contributed by atoms with Gasteiger partial charge in [0.1, 0.15) is 11.7 Å². The van der Waals surface area contributed by atoms with E-state index < -0.39 is 17.5 Å². The van der Waals surface area contributed by atoms with E-state index in [2.05, 4.69) is 177 Å². The fourth-order valence-electron chi connectivity index (χ4n) is 6.68. The van der Waals surface area contributed by atoms with Crippen molar-refractivity contribution in [2.75, 3.05) is 8.46 Å². The number of hydrogen-bond donors (Lipinski definition) is 0. The Morgan fingerprint density at radius 1 is 0.628 bits per heavy atom. The van der Waals surface area contributed by atoms with Gasteiger partial charge < -0.3 is 8.46 Å². The van der Waals surface area contributed by atoms with E-state index in [0.29, 0.717) is 23.7 Å². The van der Waals surface area contributed by atoms with Crippen molar-refractivity contribution in [2.45, 2.75) is 145 Å². The van der Waals surface area contributed by atoms with E-state index in [9.17, 15) is 0 Å². The van der Waals surface area contributed by atoms with Crippen LogP contribution in [0.1, 0.15) is 143 Å². The zero-order valence-electron chi connectivity index (χ0n) is 30.2. The Morgan fingerprint density at radius 2 is 0.977 bits per heavy atom. The van der Waals surface area contributed by atoms with Crippen LogP contribution in [0.25, 0.3) is 0 Å². The second-order valence-electron chi connectivity index (χ2n) is 16.4. The van der Waals surface area contributed by atoms with Gasteiger partial charge in [0.15, 0.2) is 8.40 Å². The van der Waals surface area contributed by atoms with Gasteiger partial charge in [-0.2, -0.15) is 0 Å². The van der Waals surface area contributed by atoms with E-state index in [4.69, 9.17) is 0 Å². The molecule has 0 amide bonds. The molecule has 1 saturated heterocycles. The lowest BCUT2D eigenvalue weighted by Crippen LogP contribution is -2.90. The van der Waals surface area contributed by atoms with E-state index in [-0.39, 0.29) is 11.1 Å². The Morgan fingerprint density at radius 3 is 1.26 bits per heavy atom. The summed E-state index contributed by atoms with van der Waals surface area (Å²) in [5, 5.41) is 1.47. The standard InChI is InChI=1S/C37H60N4Si2/c1-25(2)29-19-17-20-30(26(3)4)34(29)40-42(33-23-38(36(9,10)11)24-39(33)37(12,13)14)41(43(40,15)16)35-31(27(5)6)21-18-22-32(35)28(7)8/h17-28H,1-16H3. The van der Waals surface area contributed by atoms with E-state index in [1.165, 1.54) is 38.9 Å². The minimum absolute atomic E-state index is 0.00209. The molecule has 0 spiro atoms. The Kier molecular flexibility index (Phi) is 9.02. The monoisotopic (exact) mass is 616 g/mol. The molecule has 0 radical (unpaired) electrons. The molecule has 4 nitrogen and oxygen atoms in total. The SMILES string of the molecule is CC(C)c1cccc(C(C)C)c1N1[Si-](c2c[n+](C(C)(C)C)cn2C(C)(C)C)N(c2c(C(C)C)cccc2C(C)C)[Si]1(C)C. The van der Waals surface area contributed by atoms with Gasteiger partial charge in [0.25, 0.3) is 0 Å². The predicted molar refractivity (Wildman–Crippen MR) is 192 cm³/mol. The smallest absolute Gasteiger partial charge is 0.242 e. The Balaban J connectivity index is 2.16. The molecular formula is C37H60N4Si2. The molecule has 0 atom stereocenters. The number of benzene rings is 2. The number of nitrogens with zero attached hydrogens (tertiary/aromatic N) is 4. The lowest BCUT2D eigenvalue weighted by molar-refractivity contribution is -0.753. The minimum atomic E-state index is -2.18. The molecule has 1 fully saturated rings. The summed E-state index contributed by atoms with van der Waals surface area (Å²) in [5.41, 5.74) is 8.97. The molecule has 43 heavy (non-hydrogen) atoms. The van der Waals surface area contributed by atoms with Crippen LogP contribution in [0.3, 0.4) is 0 Å². The number of anilines is 2. The first-order valence-corrected chi connectivity index (χ1v) is 20.9. The van der Waals surface area contributed by atoms with E-state index >= 15 is 0 Å². The molecule has 1 aliphatic rings. The van der Waals surface area contributed by atoms with E-state index in [1.54, 1.807) is 0 Å². The average molecular weight is 617 g/mol. The quantitative estimate of drug-likeness (QED) is 0.194. The highest BCUT2D eigenvalue weighted by Gasteiger charge is 2.50. The van der Waals surface area contributed by atoms with Crippen LogP contribution in [-0.2, 0) is 11.1 Å². The van der Waals surface area contributed by atoms with Crippen LogP contribution in [0.4, 0.5) is 11.4 Å². The Bertz CT molecular complexity index is 1320. The minimum Gasteiger partial charge on any atom is -0.519 e. The zero-order chi connectivity index (χ0) is 32.4. The molecule has 1 aromatic heterocycles. The summed E-state index contributed by atoms with van der Waals surface area (Å²) in [6.45, 7) is 38.3. The Hall–Kier alpha value is -2.32. The molecule has 0 bridgehead atoms. The van der Waals surface area contributed by atoms with Crippen molar-refractivity contribution in [3.05, 3.63) is 71.2 Å². The molecule has 236 valence electrons. The van der Waals surface area contributed by atoms with Crippen LogP contribution in [0.5, 0.6) is 0 Å². The van der Waals surface area contributed by atoms with E-state index in [1.807, 2.05) is 0 Å². The summed E-state index contributed by atoms with van der Waals surface area (Å²) in [5.74, 6) is 1.83. The molecule has 2 heterocycles. The molecule has 0 unspecified atom stereocenters. The second kappa shape index (κ2) is 11.6. The molecule has 0 N–H and O–H groups in total. The van der Waals surface area contributed by atoms with Gasteiger partial charge in [-0.3, -0.25) is 4.57 Å². The third-order valence-corrected chi connectivity index (χ3v) is 18.5. The van der Waals surface area contributed by atoms with Gasteiger partial charge in [0.2, 0.25) is 6.33 Å². The third-order valence-electron chi connectivity index (χ3n) is 9.14. The van der Waals surface area contributed by atoms with E-state index in [0.717, 1.165) is 0 Å². The summed E-state index contributed by atoms with van der Waals surface area (Å²) in [6.07, 6.45) is 4.90. The highest BCUT2D eigenvalue weighted by molar-refractivity contribution is 7.17. The van der Waals surface area contributed by atoms with Crippen LogP contribution < -0.4 is 18.3 Å². The average Bonchev–Trinajstić information content (AvgIpc) is 3.33. The van der Waals surface area contributed by atoms with Gasteiger partial charge in [-0.15, -0.1) is 0 Å². The zero-order valence-corrected chi connectivity index (χ0v) is 32.2. The molecule has 6 heteroatoms. The van der Waals surface area contributed by atoms with Crippen molar-refractivity contribution < 1.29 is 4.57 Å². The largest absolute Gasteiger partial charge is 0.519 e. The first kappa shape index (κ1) is 33.6. The fraction of sp³-hybridized carbons (Fsp3) is 0.595. The fourth-order valence-corrected chi connectivity index (χ4v) is 16.3. The van der Waals surface area contributed by atoms with Crippen LogP contribution in [0.15, 0.2) is 48.9 Å². The maximum atomic E-state index is 3.01. The molecule has 2 aromatic carbocycles.